The van der Waals surface area contributed by atoms with Crippen LogP contribution in [0.25, 0.3) is 0 Å². The Morgan fingerprint density at radius 2 is 1.82 bits per heavy atom. The molecule has 0 aliphatic carbocycles. The van der Waals surface area contributed by atoms with E-state index in [9.17, 15) is 0 Å². The van der Waals surface area contributed by atoms with Gasteiger partial charge in [-0.3, -0.25) is 0 Å². The molecule has 0 atom stereocenters. The average molecular weight is 297 g/mol. The Kier molecular flexibility index (Phi) is 4.53. The first-order valence-electron chi connectivity index (χ1n) is 7.82. The Labute approximate surface area is 132 Å². The van der Waals surface area contributed by atoms with E-state index in [0.717, 1.165) is 55.7 Å². The maximum absolute atomic E-state index is 4.70. The molecule has 5 nitrogen and oxygen atoms in total. The summed E-state index contributed by atoms with van der Waals surface area (Å²) in [5, 5.41) is 3.36. The lowest BCUT2D eigenvalue weighted by atomic mass is 10.3. The van der Waals surface area contributed by atoms with Gasteiger partial charge in [-0.2, -0.15) is 4.98 Å². The largest absolute Gasteiger partial charge is 0.340 e. The maximum Gasteiger partial charge on any atom is 0.227 e. The van der Waals surface area contributed by atoms with Crippen LogP contribution in [0.15, 0.2) is 36.4 Å². The van der Waals surface area contributed by atoms with Crippen LogP contribution in [0.5, 0.6) is 0 Å². The van der Waals surface area contributed by atoms with Gasteiger partial charge in [-0.1, -0.05) is 18.2 Å². The third-order valence-electron chi connectivity index (χ3n) is 3.89. The van der Waals surface area contributed by atoms with Crippen LogP contribution >= 0.6 is 0 Å². The van der Waals surface area contributed by atoms with Gasteiger partial charge in [0.05, 0.1) is 0 Å². The molecule has 0 amide bonds. The predicted octanol–water partition coefficient (Wildman–Crippen LogP) is 2.67. The Hall–Kier alpha value is -2.14. The number of para-hydroxylation sites is 1. The molecular weight excluding hydrogens is 274 g/mol. The zero-order valence-electron chi connectivity index (χ0n) is 13.3. The van der Waals surface area contributed by atoms with E-state index in [2.05, 4.69) is 27.1 Å². The minimum Gasteiger partial charge on any atom is -0.340 e. The highest BCUT2D eigenvalue weighted by atomic mass is 15.3. The smallest absolute Gasteiger partial charge is 0.227 e. The Bertz CT molecular complexity index is 614. The second kappa shape index (κ2) is 6.75. The van der Waals surface area contributed by atoms with Crippen molar-refractivity contribution in [1.82, 2.24) is 14.9 Å². The number of aryl methyl sites for hydroxylation is 1. The van der Waals surface area contributed by atoms with Gasteiger partial charge in [-0.15, -0.1) is 0 Å². The summed E-state index contributed by atoms with van der Waals surface area (Å²) in [4.78, 5) is 14.0. The number of nitrogens with one attached hydrogen (secondary N) is 1. The Morgan fingerprint density at radius 1 is 1.00 bits per heavy atom. The number of aromatic nitrogens is 2. The Balaban J connectivity index is 1.80. The van der Waals surface area contributed by atoms with Gasteiger partial charge in [-0.05, 0) is 39.1 Å². The number of anilines is 3. The number of hydrogen-bond donors (Lipinski definition) is 1. The summed E-state index contributed by atoms with van der Waals surface area (Å²) < 4.78 is 0. The van der Waals surface area contributed by atoms with Crippen molar-refractivity contribution >= 4 is 17.5 Å². The van der Waals surface area contributed by atoms with Gasteiger partial charge in [0, 0.05) is 37.1 Å². The molecule has 3 rings (SSSR count). The van der Waals surface area contributed by atoms with Crippen molar-refractivity contribution in [2.75, 3.05) is 43.4 Å². The van der Waals surface area contributed by atoms with Gasteiger partial charge < -0.3 is 15.1 Å². The summed E-state index contributed by atoms with van der Waals surface area (Å²) in [5.74, 6) is 1.68. The summed E-state index contributed by atoms with van der Waals surface area (Å²) in [6, 6.07) is 12.1. The molecule has 1 aromatic heterocycles. The predicted molar refractivity (Wildman–Crippen MR) is 90.8 cm³/mol. The van der Waals surface area contributed by atoms with Crippen molar-refractivity contribution in [2.45, 2.75) is 13.3 Å². The molecule has 22 heavy (non-hydrogen) atoms. The second-order valence-electron chi connectivity index (χ2n) is 5.83. The van der Waals surface area contributed by atoms with Crippen LogP contribution in [0.4, 0.5) is 17.5 Å². The first kappa shape index (κ1) is 14.8. The number of benzene rings is 1. The quantitative estimate of drug-likeness (QED) is 0.943. The molecule has 2 heterocycles. The molecule has 2 aromatic rings. The number of hydrogen-bond acceptors (Lipinski definition) is 5. The first-order chi connectivity index (χ1) is 10.7. The van der Waals surface area contributed by atoms with Crippen LogP contribution in [0.3, 0.4) is 0 Å². The van der Waals surface area contributed by atoms with Gasteiger partial charge >= 0.3 is 0 Å². The molecule has 0 spiro atoms. The second-order valence-corrected chi connectivity index (χ2v) is 5.83. The topological polar surface area (TPSA) is 44.3 Å². The number of likely N-dealkylation sites (N-methyl/N-ethyl adjacent to an activating group) is 1. The third-order valence-corrected chi connectivity index (χ3v) is 3.89. The lowest BCUT2D eigenvalue weighted by molar-refractivity contribution is 0.360. The normalized spacial score (nSPS) is 16.4. The van der Waals surface area contributed by atoms with Gasteiger partial charge in [-0.25, -0.2) is 4.98 Å². The minimum absolute atomic E-state index is 0.828. The van der Waals surface area contributed by atoms with E-state index in [4.69, 9.17) is 4.98 Å². The summed E-state index contributed by atoms with van der Waals surface area (Å²) in [7, 11) is 2.17. The fraction of sp³-hybridized carbons (Fsp3) is 0.412. The molecule has 1 aliphatic rings. The van der Waals surface area contributed by atoms with Crippen molar-refractivity contribution in [1.29, 1.82) is 0 Å². The van der Waals surface area contributed by atoms with E-state index in [1.54, 1.807) is 0 Å². The fourth-order valence-electron chi connectivity index (χ4n) is 2.67. The summed E-state index contributed by atoms with van der Waals surface area (Å²) in [6.07, 6.45) is 1.15. The first-order valence-corrected chi connectivity index (χ1v) is 7.82. The summed E-state index contributed by atoms with van der Waals surface area (Å²) >= 11 is 0. The number of nitrogens with zero attached hydrogens (tertiary/aromatic N) is 4. The van der Waals surface area contributed by atoms with E-state index in [-0.39, 0.29) is 0 Å². The highest BCUT2D eigenvalue weighted by Crippen LogP contribution is 2.19. The molecule has 0 bridgehead atoms. The SMILES string of the molecule is Cc1cc(Nc2ccccc2)nc(N2CCCN(C)CC2)n1. The lowest BCUT2D eigenvalue weighted by Crippen LogP contribution is -2.30. The molecule has 1 aliphatic heterocycles. The van der Waals surface area contributed by atoms with Crippen molar-refractivity contribution in [3.8, 4) is 0 Å². The zero-order valence-corrected chi connectivity index (χ0v) is 13.3. The third kappa shape index (κ3) is 3.74. The van der Waals surface area contributed by atoms with Crippen LogP contribution in [-0.4, -0.2) is 48.1 Å². The molecular formula is C17H23N5. The zero-order chi connectivity index (χ0) is 15.4. The molecule has 116 valence electrons. The van der Waals surface area contributed by atoms with Gasteiger partial charge in [0.15, 0.2) is 0 Å². The maximum atomic E-state index is 4.70. The molecule has 1 fully saturated rings. The minimum atomic E-state index is 0.828. The molecule has 0 unspecified atom stereocenters. The molecule has 0 radical (unpaired) electrons. The average Bonchev–Trinajstić information content (AvgIpc) is 2.72. The van der Waals surface area contributed by atoms with E-state index in [0.29, 0.717) is 0 Å². The van der Waals surface area contributed by atoms with Crippen molar-refractivity contribution < 1.29 is 0 Å². The van der Waals surface area contributed by atoms with Gasteiger partial charge in [0.1, 0.15) is 5.82 Å². The van der Waals surface area contributed by atoms with Crippen molar-refractivity contribution in [2.24, 2.45) is 0 Å². The van der Waals surface area contributed by atoms with Gasteiger partial charge in [0.2, 0.25) is 5.95 Å². The van der Waals surface area contributed by atoms with Crippen LogP contribution in [0.1, 0.15) is 12.1 Å². The Morgan fingerprint density at radius 3 is 2.64 bits per heavy atom. The van der Waals surface area contributed by atoms with Crippen LogP contribution in [0, 0.1) is 6.92 Å². The summed E-state index contributed by atoms with van der Waals surface area (Å²) in [6.45, 7) is 6.20. The summed E-state index contributed by atoms with van der Waals surface area (Å²) in [5.41, 5.74) is 2.03. The van der Waals surface area contributed by atoms with Crippen LogP contribution in [0.2, 0.25) is 0 Å². The molecule has 1 aromatic carbocycles. The van der Waals surface area contributed by atoms with Crippen LogP contribution in [-0.2, 0) is 0 Å². The van der Waals surface area contributed by atoms with Crippen molar-refractivity contribution in [3.63, 3.8) is 0 Å². The van der Waals surface area contributed by atoms with Gasteiger partial charge in [0.25, 0.3) is 0 Å². The van der Waals surface area contributed by atoms with E-state index >= 15 is 0 Å². The fourth-order valence-corrected chi connectivity index (χ4v) is 2.67. The molecule has 1 N–H and O–H groups in total. The molecule has 1 saturated heterocycles. The molecule has 5 heteroatoms. The standard InChI is InChI=1S/C17H23N5/c1-14-13-16(19-15-7-4-3-5-8-15)20-17(18-14)22-10-6-9-21(2)11-12-22/h3-5,7-8,13H,6,9-12H2,1-2H3,(H,18,19,20). The monoisotopic (exact) mass is 297 g/mol. The van der Waals surface area contributed by atoms with E-state index < -0.39 is 0 Å². The number of rotatable bonds is 3. The van der Waals surface area contributed by atoms with Crippen LogP contribution < -0.4 is 10.2 Å². The highest BCUT2D eigenvalue weighted by Gasteiger charge is 2.15. The van der Waals surface area contributed by atoms with Crippen molar-refractivity contribution in [3.05, 3.63) is 42.1 Å². The highest BCUT2D eigenvalue weighted by molar-refractivity contribution is 5.57. The molecule has 0 saturated carbocycles. The van der Waals surface area contributed by atoms with E-state index in [1.165, 1.54) is 0 Å². The van der Waals surface area contributed by atoms with E-state index in [1.807, 2.05) is 43.3 Å². The lowest BCUT2D eigenvalue weighted by Gasteiger charge is -2.21.